The highest BCUT2D eigenvalue weighted by molar-refractivity contribution is 5.37. The van der Waals surface area contributed by atoms with Gasteiger partial charge in [-0.2, -0.15) is 0 Å². The van der Waals surface area contributed by atoms with Gasteiger partial charge in [0.25, 0.3) is 0 Å². The molecule has 1 aromatic rings. The Kier molecular flexibility index (Phi) is 4.36. The molecule has 0 aromatic heterocycles. The molecule has 94 valence electrons. The zero-order valence-electron chi connectivity index (χ0n) is 10.3. The van der Waals surface area contributed by atoms with Crippen molar-refractivity contribution in [3.8, 4) is 5.75 Å². The average molecular weight is 236 g/mol. The van der Waals surface area contributed by atoms with Crippen LogP contribution in [0, 0.1) is 0 Å². The highest BCUT2D eigenvalue weighted by Crippen LogP contribution is 2.20. The van der Waals surface area contributed by atoms with Crippen LogP contribution in [0.5, 0.6) is 5.75 Å². The van der Waals surface area contributed by atoms with Crippen molar-refractivity contribution in [2.24, 2.45) is 5.73 Å². The van der Waals surface area contributed by atoms with E-state index >= 15 is 0 Å². The minimum atomic E-state index is 0.515. The van der Waals surface area contributed by atoms with Crippen molar-refractivity contribution in [2.45, 2.75) is 13.1 Å². The molecule has 1 aliphatic heterocycles. The van der Waals surface area contributed by atoms with E-state index in [1.165, 1.54) is 5.56 Å². The van der Waals surface area contributed by atoms with Gasteiger partial charge in [0.2, 0.25) is 0 Å². The zero-order chi connectivity index (χ0) is 12.1. The number of benzene rings is 1. The van der Waals surface area contributed by atoms with Gasteiger partial charge in [0, 0.05) is 31.7 Å². The highest BCUT2D eigenvalue weighted by atomic mass is 16.5. The molecule has 2 rings (SSSR count). The van der Waals surface area contributed by atoms with Gasteiger partial charge >= 0.3 is 0 Å². The van der Waals surface area contributed by atoms with Crippen LogP contribution < -0.4 is 10.5 Å². The molecule has 0 aliphatic carbocycles. The predicted octanol–water partition coefficient (Wildman–Crippen LogP) is 0.986. The normalized spacial score (nSPS) is 17.1. The summed E-state index contributed by atoms with van der Waals surface area (Å²) < 4.78 is 10.7. The summed E-state index contributed by atoms with van der Waals surface area (Å²) in [6.45, 7) is 5.13. The number of nitrogens with two attached hydrogens (primary N) is 1. The molecule has 1 fully saturated rings. The van der Waals surface area contributed by atoms with Gasteiger partial charge < -0.3 is 15.2 Å². The molecule has 2 N–H and O–H groups in total. The quantitative estimate of drug-likeness (QED) is 0.847. The van der Waals surface area contributed by atoms with Crippen LogP contribution in [0.3, 0.4) is 0 Å². The molecule has 0 radical (unpaired) electrons. The first-order valence-corrected chi connectivity index (χ1v) is 5.99. The standard InChI is InChI=1S/C13H20N2O2/c1-16-13-8-11(2-3-12(13)9-14)10-15-4-6-17-7-5-15/h2-3,8H,4-7,9-10,14H2,1H3. The van der Waals surface area contributed by atoms with Crippen LogP contribution in [-0.4, -0.2) is 38.3 Å². The number of rotatable bonds is 4. The van der Waals surface area contributed by atoms with Crippen LogP contribution in [0.25, 0.3) is 0 Å². The van der Waals surface area contributed by atoms with Crippen LogP contribution in [-0.2, 0) is 17.8 Å². The second-order valence-corrected chi connectivity index (χ2v) is 4.24. The Morgan fingerprint density at radius 1 is 1.35 bits per heavy atom. The fraction of sp³-hybridized carbons (Fsp3) is 0.538. The summed E-state index contributed by atoms with van der Waals surface area (Å²) in [6, 6.07) is 6.26. The minimum Gasteiger partial charge on any atom is -0.496 e. The summed E-state index contributed by atoms with van der Waals surface area (Å²) in [5.74, 6) is 0.887. The molecule has 1 aromatic carbocycles. The van der Waals surface area contributed by atoms with Gasteiger partial charge in [-0.05, 0) is 11.6 Å². The number of morpholine rings is 1. The largest absolute Gasteiger partial charge is 0.496 e. The molecule has 1 heterocycles. The van der Waals surface area contributed by atoms with Gasteiger partial charge in [-0.3, -0.25) is 4.90 Å². The first kappa shape index (κ1) is 12.4. The molecule has 4 heteroatoms. The predicted molar refractivity (Wildman–Crippen MR) is 67.0 cm³/mol. The third-order valence-corrected chi connectivity index (χ3v) is 3.08. The SMILES string of the molecule is COc1cc(CN2CCOCC2)ccc1CN. The molecule has 0 bridgehead atoms. The van der Waals surface area contributed by atoms with Crippen LogP contribution >= 0.6 is 0 Å². The van der Waals surface area contributed by atoms with Crippen molar-refractivity contribution in [1.82, 2.24) is 4.90 Å². The fourth-order valence-electron chi connectivity index (χ4n) is 2.07. The lowest BCUT2D eigenvalue weighted by Gasteiger charge is -2.26. The van der Waals surface area contributed by atoms with E-state index in [-0.39, 0.29) is 0 Å². The molecular weight excluding hydrogens is 216 g/mol. The minimum absolute atomic E-state index is 0.515. The molecule has 17 heavy (non-hydrogen) atoms. The Hall–Kier alpha value is -1.10. The molecule has 0 atom stereocenters. The Balaban J connectivity index is 2.05. The highest BCUT2D eigenvalue weighted by Gasteiger charge is 2.11. The topological polar surface area (TPSA) is 47.7 Å². The monoisotopic (exact) mass is 236 g/mol. The number of nitrogens with zero attached hydrogens (tertiary/aromatic N) is 1. The summed E-state index contributed by atoms with van der Waals surface area (Å²) >= 11 is 0. The van der Waals surface area contributed by atoms with Crippen LogP contribution in [0.2, 0.25) is 0 Å². The molecule has 0 saturated carbocycles. The van der Waals surface area contributed by atoms with Gasteiger partial charge in [-0.1, -0.05) is 12.1 Å². The van der Waals surface area contributed by atoms with E-state index in [2.05, 4.69) is 23.1 Å². The Bertz CT molecular complexity index is 362. The van der Waals surface area contributed by atoms with Crippen molar-refractivity contribution in [3.05, 3.63) is 29.3 Å². The molecule has 0 amide bonds. The molecular formula is C13H20N2O2. The molecule has 4 nitrogen and oxygen atoms in total. The maximum Gasteiger partial charge on any atom is 0.123 e. The lowest BCUT2D eigenvalue weighted by molar-refractivity contribution is 0.0341. The van der Waals surface area contributed by atoms with Crippen molar-refractivity contribution < 1.29 is 9.47 Å². The second-order valence-electron chi connectivity index (χ2n) is 4.24. The van der Waals surface area contributed by atoms with Crippen molar-refractivity contribution >= 4 is 0 Å². The number of methoxy groups -OCH3 is 1. The summed E-state index contributed by atoms with van der Waals surface area (Å²) in [4.78, 5) is 2.39. The average Bonchev–Trinajstić information content (AvgIpc) is 2.40. The fourth-order valence-corrected chi connectivity index (χ4v) is 2.07. The third-order valence-electron chi connectivity index (χ3n) is 3.08. The van der Waals surface area contributed by atoms with Gasteiger partial charge in [0.1, 0.15) is 5.75 Å². The third kappa shape index (κ3) is 3.19. The molecule has 1 aliphatic rings. The van der Waals surface area contributed by atoms with E-state index < -0.39 is 0 Å². The van der Waals surface area contributed by atoms with Crippen LogP contribution in [0.4, 0.5) is 0 Å². The van der Waals surface area contributed by atoms with Gasteiger partial charge in [-0.25, -0.2) is 0 Å². The van der Waals surface area contributed by atoms with Crippen LogP contribution in [0.1, 0.15) is 11.1 Å². The lowest BCUT2D eigenvalue weighted by Crippen LogP contribution is -2.35. The number of ether oxygens (including phenoxy) is 2. The maximum atomic E-state index is 5.65. The Morgan fingerprint density at radius 3 is 2.76 bits per heavy atom. The summed E-state index contributed by atoms with van der Waals surface area (Å²) in [6.07, 6.45) is 0. The Morgan fingerprint density at radius 2 is 2.12 bits per heavy atom. The summed E-state index contributed by atoms with van der Waals surface area (Å²) in [5.41, 5.74) is 7.97. The Labute approximate surface area is 102 Å². The molecule has 1 saturated heterocycles. The number of hydrogen-bond acceptors (Lipinski definition) is 4. The van der Waals surface area contributed by atoms with Gasteiger partial charge in [0.05, 0.1) is 20.3 Å². The second kappa shape index (κ2) is 6.00. The van der Waals surface area contributed by atoms with Gasteiger partial charge in [-0.15, -0.1) is 0 Å². The lowest BCUT2D eigenvalue weighted by atomic mass is 10.1. The van der Waals surface area contributed by atoms with Crippen LogP contribution in [0.15, 0.2) is 18.2 Å². The summed E-state index contributed by atoms with van der Waals surface area (Å²) in [7, 11) is 1.69. The van der Waals surface area contributed by atoms with E-state index in [0.29, 0.717) is 6.54 Å². The van der Waals surface area contributed by atoms with E-state index in [1.807, 2.05) is 0 Å². The number of hydrogen-bond donors (Lipinski definition) is 1. The van der Waals surface area contributed by atoms with E-state index in [0.717, 1.165) is 44.2 Å². The molecule has 0 unspecified atom stereocenters. The van der Waals surface area contributed by atoms with Gasteiger partial charge in [0.15, 0.2) is 0 Å². The zero-order valence-corrected chi connectivity index (χ0v) is 10.3. The van der Waals surface area contributed by atoms with E-state index in [4.69, 9.17) is 15.2 Å². The molecule has 0 spiro atoms. The van der Waals surface area contributed by atoms with Crippen molar-refractivity contribution in [2.75, 3.05) is 33.4 Å². The van der Waals surface area contributed by atoms with E-state index in [9.17, 15) is 0 Å². The first-order valence-electron chi connectivity index (χ1n) is 5.99. The van der Waals surface area contributed by atoms with E-state index in [1.54, 1.807) is 7.11 Å². The maximum absolute atomic E-state index is 5.65. The first-order chi connectivity index (χ1) is 8.33. The van der Waals surface area contributed by atoms with Crippen molar-refractivity contribution in [1.29, 1.82) is 0 Å². The summed E-state index contributed by atoms with van der Waals surface area (Å²) in [5, 5.41) is 0. The van der Waals surface area contributed by atoms with Crippen molar-refractivity contribution in [3.63, 3.8) is 0 Å². The smallest absolute Gasteiger partial charge is 0.123 e.